The second kappa shape index (κ2) is 4.00. The normalized spacial score (nSPS) is 13.0. The maximum atomic E-state index is 13.8. The van der Waals surface area contributed by atoms with Crippen molar-refractivity contribution in [1.29, 1.82) is 0 Å². The Morgan fingerprint density at radius 1 is 1.20 bits per heavy atom. The first kappa shape index (κ1) is 12.9. The van der Waals surface area contributed by atoms with Gasteiger partial charge >= 0.3 is 0 Å². The summed E-state index contributed by atoms with van der Waals surface area (Å²) in [7, 11) is 0. The molecule has 1 rings (SSSR count). The Hall–Kier alpha value is -0.190. The predicted octanol–water partition coefficient (Wildman–Crippen LogP) is 4.19. The van der Waals surface area contributed by atoms with Crippen LogP contribution in [0, 0.1) is 5.82 Å². The van der Waals surface area contributed by atoms with Gasteiger partial charge in [0.2, 0.25) is 0 Å². The summed E-state index contributed by atoms with van der Waals surface area (Å²) in [5, 5.41) is 0. The Balaban J connectivity index is 3.21. The third-order valence-electron chi connectivity index (χ3n) is 2.24. The van der Waals surface area contributed by atoms with Gasteiger partial charge in [0.25, 0.3) is 0 Å². The molecule has 0 aromatic carbocycles. The van der Waals surface area contributed by atoms with Crippen molar-refractivity contribution in [3.8, 4) is 0 Å². The minimum atomic E-state index is -0.238. The van der Waals surface area contributed by atoms with Gasteiger partial charge in [0.1, 0.15) is 5.82 Å². The largest absolute Gasteiger partial charge is 0.257 e. The average Bonchev–Trinajstić information content (AvgIpc) is 1.99. The van der Waals surface area contributed by atoms with E-state index in [9.17, 15) is 4.39 Å². The van der Waals surface area contributed by atoms with E-state index in [0.29, 0.717) is 5.69 Å². The SMILES string of the molecule is CC(C)(C)c1ncc(C(C)(C)I)cc1F. The van der Waals surface area contributed by atoms with E-state index in [4.69, 9.17) is 0 Å². The zero-order valence-corrected chi connectivity index (χ0v) is 12.0. The lowest BCUT2D eigenvalue weighted by Crippen LogP contribution is -2.18. The summed E-state index contributed by atoms with van der Waals surface area (Å²) in [6.45, 7) is 9.98. The molecule has 1 aromatic rings. The van der Waals surface area contributed by atoms with E-state index in [0.717, 1.165) is 5.56 Å². The molecule has 0 aliphatic carbocycles. The molecule has 1 nitrogen and oxygen atoms in total. The fourth-order valence-electron chi connectivity index (χ4n) is 1.31. The third-order valence-corrected chi connectivity index (χ3v) is 2.86. The molecule has 0 amide bonds. The predicted molar refractivity (Wildman–Crippen MR) is 69.9 cm³/mol. The van der Waals surface area contributed by atoms with Crippen LogP contribution in [0.4, 0.5) is 4.39 Å². The van der Waals surface area contributed by atoms with Gasteiger partial charge in [0, 0.05) is 15.0 Å². The van der Waals surface area contributed by atoms with Gasteiger partial charge in [-0.1, -0.05) is 43.4 Å². The van der Waals surface area contributed by atoms with E-state index in [1.54, 1.807) is 12.3 Å². The number of hydrogen-bond donors (Lipinski definition) is 0. The second-order valence-electron chi connectivity index (χ2n) is 5.28. The fourth-order valence-corrected chi connectivity index (χ4v) is 1.61. The van der Waals surface area contributed by atoms with E-state index < -0.39 is 0 Å². The third kappa shape index (κ3) is 3.13. The lowest BCUT2D eigenvalue weighted by atomic mass is 9.90. The molecule has 0 bridgehead atoms. The van der Waals surface area contributed by atoms with Crippen LogP contribution in [0.15, 0.2) is 12.3 Å². The molecule has 0 radical (unpaired) electrons. The molecule has 0 unspecified atom stereocenters. The highest BCUT2D eigenvalue weighted by Crippen LogP contribution is 2.32. The van der Waals surface area contributed by atoms with Crippen LogP contribution in [-0.4, -0.2) is 4.98 Å². The first-order valence-electron chi connectivity index (χ1n) is 4.98. The van der Waals surface area contributed by atoms with Gasteiger partial charge in [-0.15, -0.1) is 0 Å². The van der Waals surface area contributed by atoms with Crippen LogP contribution in [0.5, 0.6) is 0 Å². The minimum absolute atomic E-state index is 0.0813. The lowest BCUT2D eigenvalue weighted by molar-refractivity contribution is 0.500. The van der Waals surface area contributed by atoms with E-state index in [1.807, 2.05) is 34.6 Å². The van der Waals surface area contributed by atoms with Crippen molar-refractivity contribution in [2.45, 2.75) is 43.5 Å². The maximum absolute atomic E-state index is 13.8. The number of alkyl halides is 1. The average molecular weight is 321 g/mol. The molecule has 0 saturated carbocycles. The molecule has 1 aromatic heterocycles. The Morgan fingerprint density at radius 3 is 2.07 bits per heavy atom. The summed E-state index contributed by atoms with van der Waals surface area (Å²) in [4.78, 5) is 4.24. The Labute approximate surface area is 105 Å². The van der Waals surface area contributed by atoms with Gasteiger partial charge in [-0.05, 0) is 25.5 Å². The summed E-state index contributed by atoms with van der Waals surface area (Å²) in [6, 6.07) is 1.60. The van der Waals surface area contributed by atoms with Crippen molar-refractivity contribution in [3.05, 3.63) is 29.3 Å². The lowest BCUT2D eigenvalue weighted by Gasteiger charge is -2.21. The standard InChI is InChI=1S/C12H17FIN/c1-11(2,3)10-9(13)6-8(7-15-10)12(4,5)14/h6-7H,1-5H3. The summed E-state index contributed by atoms with van der Waals surface area (Å²) in [6.07, 6.45) is 1.77. The molecule has 0 aliphatic heterocycles. The van der Waals surface area contributed by atoms with Gasteiger partial charge in [-0.25, -0.2) is 4.39 Å². The van der Waals surface area contributed by atoms with Crippen LogP contribution in [0.3, 0.4) is 0 Å². The maximum Gasteiger partial charge on any atom is 0.145 e. The second-order valence-corrected chi connectivity index (χ2v) is 7.97. The van der Waals surface area contributed by atoms with Crippen molar-refractivity contribution in [2.24, 2.45) is 0 Å². The summed E-state index contributed by atoms with van der Waals surface area (Å²) in [5.74, 6) is -0.204. The van der Waals surface area contributed by atoms with E-state index >= 15 is 0 Å². The molecule has 0 fully saturated rings. The number of aromatic nitrogens is 1. The molecule has 0 atom stereocenters. The van der Waals surface area contributed by atoms with Gasteiger partial charge in [0.15, 0.2) is 0 Å². The fraction of sp³-hybridized carbons (Fsp3) is 0.583. The van der Waals surface area contributed by atoms with E-state index in [-0.39, 0.29) is 14.7 Å². The van der Waals surface area contributed by atoms with Crippen molar-refractivity contribution in [2.75, 3.05) is 0 Å². The zero-order valence-electron chi connectivity index (χ0n) is 9.86. The molecule has 84 valence electrons. The number of pyridine rings is 1. The summed E-state index contributed by atoms with van der Waals surface area (Å²) >= 11 is 2.29. The van der Waals surface area contributed by atoms with Crippen LogP contribution in [0.25, 0.3) is 0 Å². The van der Waals surface area contributed by atoms with Crippen LogP contribution in [0.1, 0.15) is 45.9 Å². The molecule has 15 heavy (non-hydrogen) atoms. The molecule has 0 N–H and O–H groups in total. The number of nitrogens with zero attached hydrogens (tertiary/aromatic N) is 1. The first-order valence-corrected chi connectivity index (χ1v) is 6.05. The quantitative estimate of drug-likeness (QED) is 0.558. The smallest absolute Gasteiger partial charge is 0.145 e. The Kier molecular flexibility index (Phi) is 3.43. The molecule has 1 heterocycles. The van der Waals surface area contributed by atoms with Gasteiger partial charge < -0.3 is 0 Å². The Bertz CT molecular complexity index is 361. The topological polar surface area (TPSA) is 12.9 Å². The monoisotopic (exact) mass is 321 g/mol. The highest BCUT2D eigenvalue weighted by atomic mass is 127. The van der Waals surface area contributed by atoms with Crippen LogP contribution in [0.2, 0.25) is 0 Å². The number of halogens is 2. The number of rotatable bonds is 1. The number of hydrogen-bond acceptors (Lipinski definition) is 1. The molecular formula is C12H17FIN. The highest BCUT2D eigenvalue weighted by Gasteiger charge is 2.23. The van der Waals surface area contributed by atoms with Gasteiger partial charge in [-0.3, -0.25) is 4.98 Å². The zero-order chi connectivity index (χ0) is 11.9. The molecule has 3 heteroatoms. The van der Waals surface area contributed by atoms with Crippen LogP contribution < -0.4 is 0 Å². The summed E-state index contributed by atoms with van der Waals surface area (Å²) in [5.41, 5.74) is 1.22. The Morgan fingerprint density at radius 2 is 1.73 bits per heavy atom. The van der Waals surface area contributed by atoms with Crippen molar-refractivity contribution < 1.29 is 4.39 Å². The van der Waals surface area contributed by atoms with Crippen molar-refractivity contribution in [1.82, 2.24) is 4.98 Å². The molecule has 0 aliphatic rings. The van der Waals surface area contributed by atoms with Crippen molar-refractivity contribution in [3.63, 3.8) is 0 Å². The van der Waals surface area contributed by atoms with E-state index in [2.05, 4.69) is 27.6 Å². The highest BCUT2D eigenvalue weighted by molar-refractivity contribution is 14.1. The van der Waals surface area contributed by atoms with Crippen molar-refractivity contribution >= 4 is 22.6 Å². The molecule has 0 saturated heterocycles. The van der Waals surface area contributed by atoms with E-state index in [1.165, 1.54) is 0 Å². The van der Waals surface area contributed by atoms with Gasteiger partial charge in [0.05, 0.1) is 5.69 Å². The molecule has 0 spiro atoms. The molecular weight excluding hydrogens is 304 g/mol. The summed E-state index contributed by atoms with van der Waals surface area (Å²) < 4.78 is 13.7. The van der Waals surface area contributed by atoms with Crippen LogP contribution >= 0.6 is 22.6 Å². The first-order chi connectivity index (χ1) is 6.62. The van der Waals surface area contributed by atoms with Gasteiger partial charge in [-0.2, -0.15) is 0 Å². The van der Waals surface area contributed by atoms with Crippen LogP contribution in [-0.2, 0) is 8.84 Å². The minimum Gasteiger partial charge on any atom is -0.257 e.